The topological polar surface area (TPSA) is 41.6 Å². The zero-order chi connectivity index (χ0) is 12.0. The molecule has 0 aromatic carbocycles. The Kier molecular flexibility index (Phi) is 8.56. The Bertz CT molecular complexity index is 225. The normalized spacial score (nSPS) is 21.8. The fourth-order valence-corrected chi connectivity index (χ4v) is 2.35. The molecule has 1 heterocycles. The molecule has 1 N–H and O–H groups in total. The molecule has 0 saturated carbocycles. The minimum absolute atomic E-state index is 0. The molecule has 0 aliphatic carbocycles. The fraction of sp³-hybridized carbons (Fsp3) is 0.917. The maximum atomic E-state index is 12.1. The van der Waals surface area contributed by atoms with E-state index < -0.39 is 0 Å². The summed E-state index contributed by atoms with van der Waals surface area (Å²) in [5.41, 5.74) is 0. The molecule has 1 amide bonds. The molecule has 1 fully saturated rings. The number of amides is 1. The Balaban J connectivity index is 0.00000256. The number of carbonyl (C=O) groups excluding carboxylic acids is 1. The second-order valence-corrected chi connectivity index (χ2v) is 4.71. The summed E-state index contributed by atoms with van der Waals surface area (Å²) in [5.74, 6) is 0.832. The number of halogens is 1. The maximum Gasteiger partial charge on any atom is 0.227 e. The summed E-state index contributed by atoms with van der Waals surface area (Å²) in [4.78, 5) is 14.1. The molecule has 0 radical (unpaired) electrons. The molecule has 17 heavy (non-hydrogen) atoms. The molecule has 1 aliphatic heterocycles. The van der Waals surface area contributed by atoms with Gasteiger partial charge in [-0.1, -0.05) is 6.92 Å². The van der Waals surface area contributed by atoms with Crippen LogP contribution in [0.5, 0.6) is 0 Å². The van der Waals surface area contributed by atoms with Crippen LogP contribution in [-0.4, -0.2) is 51.2 Å². The Labute approximate surface area is 110 Å². The van der Waals surface area contributed by atoms with E-state index in [9.17, 15) is 4.79 Å². The highest BCUT2D eigenvalue weighted by Gasteiger charge is 2.26. The molecule has 0 spiro atoms. The number of carbonyl (C=O) groups is 1. The van der Waals surface area contributed by atoms with Crippen molar-refractivity contribution in [1.29, 1.82) is 0 Å². The molecule has 4 nitrogen and oxygen atoms in total. The number of hydrogen-bond acceptors (Lipinski definition) is 3. The number of ether oxygens (including phenoxy) is 1. The first-order valence-corrected chi connectivity index (χ1v) is 6.11. The van der Waals surface area contributed by atoms with E-state index in [0.29, 0.717) is 12.5 Å². The van der Waals surface area contributed by atoms with Gasteiger partial charge in [-0.2, -0.15) is 0 Å². The van der Waals surface area contributed by atoms with Crippen molar-refractivity contribution in [1.82, 2.24) is 10.2 Å². The molecule has 1 aliphatic rings. The number of nitrogens with zero attached hydrogens (tertiary/aromatic N) is 1. The molecule has 102 valence electrons. The van der Waals surface area contributed by atoms with E-state index in [2.05, 4.69) is 5.32 Å². The van der Waals surface area contributed by atoms with Gasteiger partial charge in [0.15, 0.2) is 0 Å². The van der Waals surface area contributed by atoms with Gasteiger partial charge >= 0.3 is 0 Å². The Morgan fingerprint density at radius 3 is 2.88 bits per heavy atom. The summed E-state index contributed by atoms with van der Waals surface area (Å²) in [6.07, 6.45) is 2.35. The largest absolute Gasteiger partial charge is 0.384 e. The van der Waals surface area contributed by atoms with Crippen molar-refractivity contribution >= 4 is 18.3 Å². The third kappa shape index (κ3) is 5.23. The van der Waals surface area contributed by atoms with Crippen LogP contribution in [0.25, 0.3) is 0 Å². The first kappa shape index (κ1) is 16.7. The number of nitrogens with one attached hydrogen (secondary N) is 1. The third-order valence-corrected chi connectivity index (χ3v) is 3.16. The highest BCUT2D eigenvalue weighted by molar-refractivity contribution is 5.85. The van der Waals surface area contributed by atoms with Crippen LogP contribution < -0.4 is 5.32 Å². The number of hydrogen-bond donors (Lipinski definition) is 1. The fourth-order valence-electron chi connectivity index (χ4n) is 2.35. The van der Waals surface area contributed by atoms with Crippen LogP contribution >= 0.6 is 12.4 Å². The van der Waals surface area contributed by atoms with Crippen molar-refractivity contribution in [3.63, 3.8) is 0 Å². The van der Waals surface area contributed by atoms with E-state index in [-0.39, 0.29) is 24.2 Å². The molecular formula is C12H25ClN2O2. The van der Waals surface area contributed by atoms with Crippen LogP contribution in [0.3, 0.4) is 0 Å². The molecule has 0 aromatic rings. The van der Waals surface area contributed by atoms with Crippen molar-refractivity contribution in [2.24, 2.45) is 11.8 Å². The lowest BCUT2D eigenvalue weighted by atomic mass is 9.97. The summed E-state index contributed by atoms with van der Waals surface area (Å²) < 4.78 is 5.03. The van der Waals surface area contributed by atoms with E-state index in [1.807, 2.05) is 18.9 Å². The van der Waals surface area contributed by atoms with Crippen LogP contribution in [-0.2, 0) is 9.53 Å². The number of piperidine rings is 1. The molecule has 5 heteroatoms. The van der Waals surface area contributed by atoms with Crippen LogP contribution in [0.2, 0.25) is 0 Å². The zero-order valence-corrected chi connectivity index (χ0v) is 11.9. The average molecular weight is 265 g/mol. The van der Waals surface area contributed by atoms with Gasteiger partial charge < -0.3 is 15.0 Å². The molecule has 2 unspecified atom stereocenters. The first-order chi connectivity index (χ1) is 7.69. The highest BCUT2D eigenvalue weighted by Crippen LogP contribution is 2.17. The van der Waals surface area contributed by atoms with Gasteiger partial charge in [-0.15, -0.1) is 12.4 Å². The van der Waals surface area contributed by atoms with Gasteiger partial charge in [0.1, 0.15) is 0 Å². The van der Waals surface area contributed by atoms with Crippen molar-refractivity contribution in [2.75, 3.05) is 40.4 Å². The predicted octanol–water partition coefficient (Wildman–Crippen LogP) is 1.15. The lowest BCUT2D eigenvalue weighted by Gasteiger charge is -2.34. The minimum atomic E-state index is -0.0154. The standard InChI is InChI=1S/C12H24N2O2.ClH/c1-10(9-16-3)12(15)14-6-4-5-11(8-14)7-13-2;/h10-11,13H,4-9H2,1-3H3;1H. The molecule has 2 atom stereocenters. The molecule has 0 bridgehead atoms. The van der Waals surface area contributed by atoms with Gasteiger partial charge in [-0.05, 0) is 32.4 Å². The number of rotatable bonds is 5. The summed E-state index contributed by atoms with van der Waals surface area (Å²) >= 11 is 0. The monoisotopic (exact) mass is 264 g/mol. The van der Waals surface area contributed by atoms with Gasteiger partial charge in [0, 0.05) is 20.2 Å². The van der Waals surface area contributed by atoms with Gasteiger partial charge in [0.05, 0.1) is 12.5 Å². The Morgan fingerprint density at radius 2 is 2.29 bits per heavy atom. The molecule has 1 saturated heterocycles. The number of likely N-dealkylation sites (tertiary alicyclic amines) is 1. The van der Waals surface area contributed by atoms with E-state index in [1.165, 1.54) is 6.42 Å². The summed E-state index contributed by atoms with van der Waals surface area (Å²) in [6.45, 7) is 5.27. The van der Waals surface area contributed by atoms with E-state index in [1.54, 1.807) is 7.11 Å². The average Bonchev–Trinajstić information content (AvgIpc) is 2.29. The molecule has 1 rings (SSSR count). The van der Waals surface area contributed by atoms with Gasteiger partial charge in [-0.3, -0.25) is 4.79 Å². The van der Waals surface area contributed by atoms with Gasteiger partial charge in [0.25, 0.3) is 0 Å². The highest BCUT2D eigenvalue weighted by atomic mass is 35.5. The van der Waals surface area contributed by atoms with E-state index >= 15 is 0 Å². The predicted molar refractivity (Wildman–Crippen MR) is 71.5 cm³/mol. The van der Waals surface area contributed by atoms with Crippen molar-refractivity contribution in [3.05, 3.63) is 0 Å². The lowest BCUT2D eigenvalue weighted by Crippen LogP contribution is -2.45. The zero-order valence-electron chi connectivity index (χ0n) is 11.1. The first-order valence-electron chi connectivity index (χ1n) is 6.11. The van der Waals surface area contributed by atoms with Crippen LogP contribution in [0.4, 0.5) is 0 Å². The van der Waals surface area contributed by atoms with Crippen LogP contribution in [0.1, 0.15) is 19.8 Å². The molecular weight excluding hydrogens is 240 g/mol. The van der Waals surface area contributed by atoms with Crippen molar-refractivity contribution < 1.29 is 9.53 Å². The number of methoxy groups -OCH3 is 1. The lowest BCUT2D eigenvalue weighted by molar-refractivity contribution is -0.138. The second kappa shape index (κ2) is 8.72. The van der Waals surface area contributed by atoms with Gasteiger partial charge in [0.2, 0.25) is 5.91 Å². The minimum Gasteiger partial charge on any atom is -0.384 e. The third-order valence-electron chi connectivity index (χ3n) is 3.16. The van der Waals surface area contributed by atoms with Crippen molar-refractivity contribution in [3.8, 4) is 0 Å². The van der Waals surface area contributed by atoms with Crippen LogP contribution in [0.15, 0.2) is 0 Å². The van der Waals surface area contributed by atoms with Crippen molar-refractivity contribution in [2.45, 2.75) is 19.8 Å². The van der Waals surface area contributed by atoms with E-state index in [4.69, 9.17) is 4.74 Å². The Morgan fingerprint density at radius 1 is 1.59 bits per heavy atom. The molecule has 0 aromatic heterocycles. The van der Waals surface area contributed by atoms with E-state index in [0.717, 1.165) is 26.1 Å². The van der Waals surface area contributed by atoms with Crippen LogP contribution in [0, 0.1) is 11.8 Å². The summed E-state index contributed by atoms with van der Waals surface area (Å²) in [6, 6.07) is 0. The Hall–Kier alpha value is -0.320. The smallest absolute Gasteiger partial charge is 0.227 e. The quantitative estimate of drug-likeness (QED) is 0.810. The second-order valence-electron chi connectivity index (χ2n) is 4.71. The summed E-state index contributed by atoms with van der Waals surface area (Å²) in [7, 11) is 3.61. The van der Waals surface area contributed by atoms with Gasteiger partial charge in [-0.25, -0.2) is 0 Å². The maximum absolute atomic E-state index is 12.1. The SMILES string of the molecule is CNCC1CCCN(C(=O)C(C)COC)C1.Cl. The summed E-state index contributed by atoms with van der Waals surface area (Å²) in [5, 5.41) is 3.19.